The molecule has 0 aliphatic rings. The summed E-state index contributed by atoms with van der Waals surface area (Å²) in [6, 6.07) is 16.5. The highest BCUT2D eigenvalue weighted by atomic mass is 79.9. The lowest BCUT2D eigenvalue weighted by molar-refractivity contribution is 0.101. The van der Waals surface area contributed by atoms with E-state index in [2.05, 4.69) is 61.9 Å². The average Bonchev–Trinajstić information content (AvgIpc) is 3.04. The summed E-state index contributed by atoms with van der Waals surface area (Å²) in [4.78, 5) is 17.5. The van der Waals surface area contributed by atoms with Gasteiger partial charge in [0.15, 0.2) is 10.6 Å². The minimum atomic E-state index is 0. The fraction of sp³-hybridized carbons (Fsp3) is 0.360. The second-order valence-corrected chi connectivity index (χ2v) is 9.26. The van der Waals surface area contributed by atoms with Gasteiger partial charge in [0.05, 0.1) is 11.4 Å². The van der Waals surface area contributed by atoms with E-state index in [4.69, 9.17) is 4.99 Å². The van der Waals surface area contributed by atoms with Crippen molar-refractivity contribution in [1.29, 1.82) is 0 Å². The number of hydrogen-bond donors (Lipinski definition) is 0. The molecule has 3 aromatic rings. The van der Waals surface area contributed by atoms with E-state index in [-0.39, 0.29) is 22.8 Å². The molecular weight excluding hydrogens is 456 g/mol. The molecule has 0 amide bonds. The van der Waals surface area contributed by atoms with Crippen molar-refractivity contribution in [3.05, 3.63) is 69.8 Å². The van der Waals surface area contributed by atoms with E-state index in [9.17, 15) is 4.79 Å². The van der Waals surface area contributed by atoms with Crippen LogP contribution in [-0.4, -0.2) is 10.4 Å². The van der Waals surface area contributed by atoms with E-state index < -0.39 is 0 Å². The van der Waals surface area contributed by atoms with Crippen molar-refractivity contribution in [1.82, 2.24) is 4.57 Å². The Morgan fingerprint density at radius 3 is 2.33 bits per heavy atom. The van der Waals surface area contributed by atoms with E-state index in [1.54, 1.807) is 18.3 Å². The van der Waals surface area contributed by atoms with Crippen LogP contribution in [0.2, 0.25) is 0 Å². The number of ketones is 1. The molecule has 0 saturated heterocycles. The summed E-state index contributed by atoms with van der Waals surface area (Å²) >= 11 is 1.65. The maximum absolute atomic E-state index is 11.7. The monoisotopic (exact) mass is 486 g/mol. The average molecular weight is 488 g/mol. The van der Waals surface area contributed by atoms with Gasteiger partial charge in [-0.05, 0) is 48.4 Å². The Kier molecular flexibility index (Phi) is 8.80. The third-order valence-corrected chi connectivity index (χ3v) is 5.58. The second kappa shape index (κ2) is 10.9. The molecule has 0 saturated carbocycles. The van der Waals surface area contributed by atoms with E-state index in [0.717, 1.165) is 23.5 Å². The first-order chi connectivity index (χ1) is 13.8. The Labute approximate surface area is 194 Å². The van der Waals surface area contributed by atoms with E-state index in [1.165, 1.54) is 16.8 Å². The second-order valence-electron chi connectivity index (χ2n) is 8.42. The van der Waals surface area contributed by atoms with Crippen molar-refractivity contribution in [2.45, 2.75) is 47.6 Å². The molecule has 0 atom stereocenters. The number of hydrogen-bond acceptors (Lipinski definition) is 3. The van der Waals surface area contributed by atoms with Crippen LogP contribution in [0.5, 0.6) is 0 Å². The summed E-state index contributed by atoms with van der Waals surface area (Å²) in [5, 5.41) is 2.19. The van der Waals surface area contributed by atoms with E-state index in [1.807, 2.05) is 24.3 Å². The standard InChI is InChI=1S/C25H30N2OS.BrH/c1-17(2)13-20-9-11-21(12-10-20)24-16-29-25(27(24)15-18(3)4)26-23-8-6-7-22(14-23)19(5)28;/h6-12,14,16-18H,13,15H2,1-5H3;1H. The molecule has 3 nitrogen and oxygen atoms in total. The summed E-state index contributed by atoms with van der Waals surface area (Å²) in [7, 11) is 0. The predicted octanol–water partition coefficient (Wildman–Crippen LogP) is 7.08. The van der Waals surface area contributed by atoms with Crippen LogP contribution in [0.25, 0.3) is 11.3 Å². The minimum absolute atomic E-state index is 0. The molecule has 1 aromatic heterocycles. The molecule has 0 radical (unpaired) electrons. The van der Waals surface area contributed by atoms with Gasteiger partial charge in [-0.15, -0.1) is 28.3 Å². The molecule has 160 valence electrons. The van der Waals surface area contributed by atoms with Gasteiger partial charge in [0.2, 0.25) is 0 Å². The zero-order valence-electron chi connectivity index (χ0n) is 18.4. The topological polar surface area (TPSA) is 34.4 Å². The quantitative estimate of drug-likeness (QED) is 0.328. The van der Waals surface area contributed by atoms with Crippen LogP contribution in [0.1, 0.15) is 50.5 Å². The summed E-state index contributed by atoms with van der Waals surface area (Å²) in [5.74, 6) is 1.22. The molecule has 0 unspecified atom stereocenters. The predicted molar refractivity (Wildman–Crippen MR) is 133 cm³/mol. The number of Topliss-reactive ketones (excluding diaryl/α,β-unsaturated/α-hetero) is 1. The van der Waals surface area contributed by atoms with Gasteiger partial charge in [0.25, 0.3) is 0 Å². The van der Waals surface area contributed by atoms with Gasteiger partial charge in [0, 0.05) is 17.5 Å². The first kappa shape index (κ1) is 24.3. The van der Waals surface area contributed by atoms with Gasteiger partial charge in [-0.25, -0.2) is 4.99 Å². The van der Waals surface area contributed by atoms with Crippen LogP contribution >= 0.6 is 28.3 Å². The number of aromatic nitrogens is 1. The Balaban J connectivity index is 0.00000320. The van der Waals surface area contributed by atoms with Gasteiger partial charge in [0.1, 0.15) is 0 Å². The number of benzene rings is 2. The molecule has 1 heterocycles. The van der Waals surface area contributed by atoms with Crippen LogP contribution in [0.4, 0.5) is 5.69 Å². The number of nitrogens with zero attached hydrogens (tertiary/aromatic N) is 2. The zero-order valence-corrected chi connectivity index (χ0v) is 20.9. The van der Waals surface area contributed by atoms with Crippen molar-refractivity contribution >= 4 is 39.8 Å². The molecule has 5 heteroatoms. The highest BCUT2D eigenvalue weighted by Gasteiger charge is 2.10. The largest absolute Gasteiger partial charge is 0.316 e. The maximum Gasteiger partial charge on any atom is 0.190 e. The van der Waals surface area contributed by atoms with Crippen molar-refractivity contribution in [2.75, 3.05) is 0 Å². The molecule has 0 spiro atoms. The molecule has 0 aliphatic carbocycles. The SMILES string of the molecule is Br.CC(=O)c1cccc(N=c2scc(-c3ccc(CC(C)C)cc3)n2CC(C)C)c1. The van der Waals surface area contributed by atoms with E-state index >= 15 is 0 Å². The zero-order chi connectivity index (χ0) is 21.0. The maximum atomic E-state index is 11.7. The molecule has 3 rings (SSSR count). The third-order valence-electron chi connectivity index (χ3n) is 4.72. The van der Waals surface area contributed by atoms with Crippen LogP contribution in [0.15, 0.2) is 58.9 Å². The normalized spacial score (nSPS) is 11.8. The summed E-state index contributed by atoms with van der Waals surface area (Å²) in [5.41, 5.74) is 5.30. The highest BCUT2D eigenvalue weighted by molar-refractivity contribution is 8.93. The smallest absolute Gasteiger partial charge is 0.190 e. The van der Waals surface area contributed by atoms with E-state index in [0.29, 0.717) is 17.4 Å². The lowest BCUT2D eigenvalue weighted by atomic mass is 10.0. The summed E-state index contributed by atoms with van der Waals surface area (Å²) in [6.07, 6.45) is 1.10. The van der Waals surface area contributed by atoms with Crippen LogP contribution in [0.3, 0.4) is 0 Å². The van der Waals surface area contributed by atoms with Crippen molar-refractivity contribution in [2.24, 2.45) is 16.8 Å². The van der Waals surface area contributed by atoms with Crippen molar-refractivity contribution in [3.8, 4) is 11.3 Å². The summed E-state index contributed by atoms with van der Waals surface area (Å²) < 4.78 is 2.30. The number of halogens is 1. The molecule has 0 bridgehead atoms. The van der Waals surface area contributed by atoms with Crippen LogP contribution < -0.4 is 4.80 Å². The van der Waals surface area contributed by atoms with Gasteiger partial charge in [-0.1, -0.05) is 64.1 Å². The highest BCUT2D eigenvalue weighted by Crippen LogP contribution is 2.23. The molecule has 2 aromatic carbocycles. The Morgan fingerprint density at radius 1 is 1.03 bits per heavy atom. The van der Waals surface area contributed by atoms with Gasteiger partial charge < -0.3 is 4.57 Å². The molecule has 30 heavy (non-hydrogen) atoms. The van der Waals surface area contributed by atoms with Crippen molar-refractivity contribution < 1.29 is 4.79 Å². The van der Waals surface area contributed by atoms with Gasteiger partial charge in [-0.2, -0.15) is 0 Å². The Hall–Kier alpha value is -1.98. The fourth-order valence-electron chi connectivity index (χ4n) is 3.38. The molecule has 0 N–H and O–H groups in total. The van der Waals surface area contributed by atoms with Gasteiger partial charge in [-0.3, -0.25) is 4.79 Å². The van der Waals surface area contributed by atoms with Crippen LogP contribution in [-0.2, 0) is 13.0 Å². The molecular formula is C25H31BrN2OS. The molecule has 0 aliphatic heterocycles. The Bertz CT molecular complexity index is 1050. The number of thiazole rings is 1. The fourth-order valence-corrected chi connectivity index (χ4v) is 4.32. The minimum Gasteiger partial charge on any atom is -0.316 e. The first-order valence-electron chi connectivity index (χ1n) is 10.3. The van der Waals surface area contributed by atoms with Gasteiger partial charge >= 0.3 is 0 Å². The first-order valence-corrected chi connectivity index (χ1v) is 11.1. The van der Waals surface area contributed by atoms with Crippen molar-refractivity contribution in [3.63, 3.8) is 0 Å². The Morgan fingerprint density at radius 2 is 1.73 bits per heavy atom. The third kappa shape index (κ3) is 6.26. The summed E-state index contributed by atoms with van der Waals surface area (Å²) in [6.45, 7) is 11.4. The lowest BCUT2D eigenvalue weighted by Crippen LogP contribution is -2.18. The van der Waals surface area contributed by atoms with Crippen LogP contribution in [0, 0.1) is 11.8 Å². The number of carbonyl (C=O) groups excluding carboxylic acids is 1. The number of carbonyl (C=O) groups is 1. The lowest BCUT2D eigenvalue weighted by Gasteiger charge is -2.12. The molecule has 0 fully saturated rings. The number of rotatable bonds is 7.